The monoisotopic (exact) mass is 294 g/mol. The summed E-state index contributed by atoms with van der Waals surface area (Å²) in [4.78, 5) is 12.7. The number of carbonyl (C=O) groups excluding carboxylic acids is 1. The molecule has 22 heavy (non-hydrogen) atoms. The Morgan fingerprint density at radius 1 is 0.955 bits per heavy atom. The highest BCUT2D eigenvalue weighted by Crippen LogP contribution is 2.41. The zero-order valence-electron chi connectivity index (χ0n) is 13.0. The van der Waals surface area contributed by atoms with E-state index in [2.05, 4.69) is 31.2 Å². The van der Waals surface area contributed by atoms with E-state index in [1.807, 2.05) is 36.4 Å². The highest BCUT2D eigenvalue weighted by atomic mass is 16.6. The third kappa shape index (κ3) is 3.06. The van der Waals surface area contributed by atoms with Crippen LogP contribution in [0.3, 0.4) is 0 Å². The fraction of sp³-hybridized carbons (Fsp3) is 0.350. The van der Waals surface area contributed by atoms with Gasteiger partial charge in [-0.05, 0) is 30.4 Å². The molecule has 0 bridgehead atoms. The van der Waals surface area contributed by atoms with Gasteiger partial charge >= 0.3 is 5.97 Å². The standard InChI is InChI=1S/C20H22O2/c1-2-18-15-20(19(21)22-18,13-16-9-5-3-6-10-16)14-17-11-7-4-8-12-17/h3-12,18H,2,13-15H2,1H3. The summed E-state index contributed by atoms with van der Waals surface area (Å²) in [5.74, 6) is -0.0351. The summed E-state index contributed by atoms with van der Waals surface area (Å²) >= 11 is 0. The third-order valence-corrected chi connectivity index (χ3v) is 4.55. The summed E-state index contributed by atoms with van der Waals surface area (Å²) in [5.41, 5.74) is 1.97. The Bertz CT molecular complexity index is 577. The minimum absolute atomic E-state index is 0.0351. The predicted molar refractivity (Wildman–Crippen MR) is 87.5 cm³/mol. The lowest BCUT2D eigenvalue weighted by Crippen LogP contribution is -2.31. The lowest BCUT2D eigenvalue weighted by molar-refractivity contribution is -0.148. The molecule has 2 nitrogen and oxygen atoms in total. The van der Waals surface area contributed by atoms with Crippen molar-refractivity contribution in [3.05, 3.63) is 71.8 Å². The molecular formula is C20H22O2. The van der Waals surface area contributed by atoms with Gasteiger partial charge in [0.25, 0.3) is 0 Å². The van der Waals surface area contributed by atoms with Crippen LogP contribution in [0.15, 0.2) is 60.7 Å². The quantitative estimate of drug-likeness (QED) is 0.773. The van der Waals surface area contributed by atoms with Crippen LogP contribution in [0.4, 0.5) is 0 Å². The molecule has 1 fully saturated rings. The summed E-state index contributed by atoms with van der Waals surface area (Å²) in [7, 11) is 0. The number of hydrogen-bond acceptors (Lipinski definition) is 2. The van der Waals surface area contributed by atoms with Crippen molar-refractivity contribution < 1.29 is 9.53 Å². The smallest absolute Gasteiger partial charge is 0.313 e. The Morgan fingerprint density at radius 3 is 1.86 bits per heavy atom. The minimum atomic E-state index is -0.427. The Balaban J connectivity index is 1.90. The summed E-state index contributed by atoms with van der Waals surface area (Å²) in [5, 5.41) is 0. The summed E-state index contributed by atoms with van der Waals surface area (Å²) in [6.07, 6.45) is 3.25. The van der Waals surface area contributed by atoms with Gasteiger partial charge in [0, 0.05) is 6.42 Å². The van der Waals surface area contributed by atoms with Gasteiger partial charge in [0.1, 0.15) is 6.10 Å². The highest BCUT2D eigenvalue weighted by Gasteiger charge is 2.48. The van der Waals surface area contributed by atoms with E-state index >= 15 is 0 Å². The molecule has 0 radical (unpaired) electrons. The molecule has 0 saturated carbocycles. The van der Waals surface area contributed by atoms with Crippen LogP contribution < -0.4 is 0 Å². The molecule has 114 valence electrons. The van der Waals surface area contributed by atoms with E-state index in [9.17, 15) is 4.79 Å². The molecule has 0 spiro atoms. The van der Waals surface area contributed by atoms with Gasteiger partial charge in [-0.3, -0.25) is 4.79 Å². The molecule has 1 saturated heterocycles. The third-order valence-electron chi connectivity index (χ3n) is 4.55. The van der Waals surface area contributed by atoms with Gasteiger partial charge < -0.3 is 4.74 Å². The lowest BCUT2D eigenvalue weighted by atomic mass is 9.74. The molecular weight excluding hydrogens is 272 g/mol. The van der Waals surface area contributed by atoms with E-state index in [0.717, 1.165) is 25.7 Å². The van der Waals surface area contributed by atoms with Crippen LogP contribution in [0.1, 0.15) is 30.9 Å². The van der Waals surface area contributed by atoms with Crippen LogP contribution in [0.5, 0.6) is 0 Å². The second-order valence-electron chi connectivity index (χ2n) is 6.24. The normalized spacial score (nSPS) is 19.9. The maximum Gasteiger partial charge on any atom is 0.313 e. The SMILES string of the molecule is CCC1CC(Cc2ccccc2)(Cc2ccccc2)C(=O)O1. The van der Waals surface area contributed by atoms with Gasteiger partial charge in [-0.15, -0.1) is 0 Å². The maximum absolute atomic E-state index is 12.7. The first kappa shape index (κ1) is 14.8. The number of ether oxygens (including phenoxy) is 1. The first-order chi connectivity index (χ1) is 10.7. The van der Waals surface area contributed by atoms with Gasteiger partial charge in [-0.2, -0.15) is 0 Å². The van der Waals surface area contributed by atoms with Crippen molar-refractivity contribution >= 4 is 5.97 Å². The van der Waals surface area contributed by atoms with Crippen molar-refractivity contribution in [1.29, 1.82) is 0 Å². The van der Waals surface area contributed by atoms with Crippen molar-refractivity contribution in [1.82, 2.24) is 0 Å². The van der Waals surface area contributed by atoms with Crippen molar-refractivity contribution in [2.45, 2.75) is 38.7 Å². The Labute approximate surface area is 132 Å². The lowest BCUT2D eigenvalue weighted by Gasteiger charge is -2.25. The second-order valence-corrected chi connectivity index (χ2v) is 6.24. The molecule has 0 N–H and O–H groups in total. The molecule has 2 aromatic carbocycles. The molecule has 0 aliphatic carbocycles. The van der Waals surface area contributed by atoms with Crippen LogP contribution in [0.2, 0.25) is 0 Å². The topological polar surface area (TPSA) is 26.3 Å². The van der Waals surface area contributed by atoms with Crippen LogP contribution in [0, 0.1) is 5.41 Å². The molecule has 0 aromatic heterocycles. The summed E-state index contributed by atoms with van der Waals surface area (Å²) in [6, 6.07) is 20.5. The summed E-state index contributed by atoms with van der Waals surface area (Å²) < 4.78 is 5.63. The number of rotatable bonds is 5. The molecule has 1 heterocycles. The van der Waals surface area contributed by atoms with E-state index in [0.29, 0.717) is 0 Å². The maximum atomic E-state index is 12.7. The molecule has 3 rings (SSSR count). The van der Waals surface area contributed by atoms with Crippen LogP contribution >= 0.6 is 0 Å². The molecule has 1 atom stereocenters. The highest BCUT2D eigenvalue weighted by molar-refractivity contribution is 5.80. The average molecular weight is 294 g/mol. The fourth-order valence-electron chi connectivity index (χ4n) is 3.39. The predicted octanol–water partition coefficient (Wildman–Crippen LogP) is 4.18. The van der Waals surface area contributed by atoms with Gasteiger partial charge in [0.15, 0.2) is 0 Å². The number of hydrogen-bond donors (Lipinski definition) is 0. The first-order valence-electron chi connectivity index (χ1n) is 8.01. The number of esters is 1. The molecule has 1 aliphatic rings. The van der Waals surface area contributed by atoms with Crippen LogP contribution in [0.25, 0.3) is 0 Å². The first-order valence-corrected chi connectivity index (χ1v) is 8.01. The molecule has 1 aliphatic heterocycles. The van der Waals surface area contributed by atoms with E-state index in [4.69, 9.17) is 4.74 Å². The zero-order chi connectivity index (χ0) is 15.4. The molecule has 2 aromatic rings. The van der Waals surface area contributed by atoms with Crippen molar-refractivity contribution in [3.8, 4) is 0 Å². The summed E-state index contributed by atoms with van der Waals surface area (Å²) in [6.45, 7) is 2.08. The largest absolute Gasteiger partial charge is 0.462 e. The van der Waals surface area contributed by atoms with Crippen molar-refractivity contribution in [2.24, 2.45) is 5.41 Å². The Morgan fingerprint density at radius 2 is 1.45 bits per heavy atom. The van der Waals surface area contributed by atoms with Gasteiger partial charge in [0.05, 0.1) is 5.41 Å². The fourth-order valence-corrected chi connectivity index (χ4v) is 3.39. The van der Waals surface area contributed by atoms with Crippen LogP contribution in [-0.2, 0) is 22.4 Å². The molecule has 0 amide bonds. The van der Waals surface area contributed by atoms with Crippen LogP contribution in [-0.4, -0.2) is 12.1 Å². The zero-order valence-corrected chi connectivity index (χ0v) is 13.0. The number of cyclic esters (lactones) is 1. The molecule has 2 heteroatoms. The Kier molecular flexibility index (Phi) is 4.28. The van der Waals surface area contributed by atoms with E-state index in [1.54, 1.807) is 0 Å². The van der Waals surface area contributed by atoms with Gasteiger partial charge in [-0.25, -0.2) is 0 Å². The van der Waals surface area contributed by atoms with Crippen molar-refractivity contribution in [2.75, 3.05) is 0 Å². The van der Waals surface area contributed by atoms with Gasteiger partial charge in [0.2, 0.25) is 0 Å². The van der Waals surface area contributed by atoms with E-state index in [-0.39, 0.29) is 12.1 Å². The van der Waals surface area contributed by atoms with Gasteiger partial charge in [-0.1, -0.05) is 67.6 Å². The van der Waals surface area contributed by atoms with Crippen molar-refractivity contribution in [3.63, 3.8) is 0 Å². The van der Waals surface area contributed by atoms with E-state index < -0.39 is 5.41 Å². The number of carbonyl (C=O) groups is 1. The average Bonchev–Trinajstić information content (AvgIpc) is 2.85. The number of benzene rings is 2. The Hall–Kier alpha value is -2.09. The second kappa shape index (κ2) is 6.35. The minimum Gasteiger partial charge on any atom is -0.462 e. The van der Waals surface area contributed by atoms with E-state index in [1.165, 1.54) is 11.1 Å². The molecule has 1 unspecified atom stereocenters.